The van der Waals surface area contributed by atoms with Crippen molar-refractivity contribution in [2.45, 2.75) is 25.8 Å². The van der Waals surface area contributed by atoms with Crippen LogP contribution in [0.25, 0.3) is 10.1 Å². The van der Waals surface area contributed by atoms with Gasteiger partial charge in [-0.1, -0.05) is 24.3 Å². The summed E-state index contributed by atoms with van der Waals surface area (Å²) in [5.74, 6) is 0. The van der Waals surface area contributed by atoms with E-state index >= 15 is 0 Å². The van der Waals surface area contributed by atoms with Crippen molar-refractivity contribution in [2.75, 3.05) is 5.32 Å². The molecule has 2 heteroatoms. The van der Waals surface area contributed by atoms with Crippen molar-refractivity contribution in [1.29, 1.82) is 0 Å². The zero-order valence-electron chi connectivity index (χ0n) is 11.4. The fraction of sp³-hybridized carbons (Fsp3) is 0.222. The molecule has 1 aromatic heterocycles. The molecule has 1 N–H and O–H groups in total. The fourth-order valence-electron chi connectivity index (χ4n) is 3.05. The van der Waals surface area contributed by atoms with E-state index in [0.717, 1.165) is 6.54 Å². The number of rotatable bonds is 3. The predicted molar refractivity (Wildman–Crippen MR) is 87.6 cm³/mol. The maximum Gasteiger partial charge on any atom is 0.0415 e. The van der Waals surface area contributed by atoms with Gasteiger partial charge in [-0.15, -0.1) is 11.3 Å². The van der Waals surface area contributed by atoms with E-state index in [-0.39, 0.29) is 0 Å². The van der Waals surface area contributed by atoms with E-state index in [4.69, 9.17) is 0 Å². The third kappa shape index (κ3) is 2.10. The first kappa shape index (κ1) is 12.0. The summed E-state index contributed by atoms with van der Waals surface area (Å²) in [6, 6.07) is 15.5. The van der Waals surface area contributed by atoms with Crippen molar-refractivity contribution in [3.63, 3.8) is 0 Å². The summed E-state index contributed by atoms with van der Waals surface area (Å²) in [5.41, 5.74) is 5.72. The van der Waals surface area contributed by atoms with Crippen LogP contribution in [0, 0.1) is 0 Å². The SMILES string of the molecule is c1ccc2c(CNc3ccc4c(c3)CCC4)csc2c1. The van der Waals surface area contributed by atoms with E-state index in [2.05, 4.69) is 53.2 Å². The number of anilines is 1. The van der Waals surface area contributed by atoms with Crippen LogP contribution < -0.4 is 5.32 Å². The molecule has 100 valence electrons. The lowest BCUT2D eigenvalue weighted by atomic mass is 10.1. The van der Waals surface area contributed by atoms with Gasteiger partial charge < -0.3 is 5.32 Å². The van der Waals surface area contributed by atoms with Crippen LogP contribution in [0.5, 0.6) is 0 Å². The second-order valence-electron chi connectivity index (χ2n) is 5.45. The van der Waals surface area contributed by atoms with Gasteiger partial charge in [0, 0.05) is 16.9 Å². The molecule has 0 unspecified atom stereocenters. The first-order valence-corrected chi connectivity index (χ1v) is 8.09. The van der Waals surface area contributed by atoms with Crippen molar-refractivity contribution >= 4 is 27.1 Å². The molecule has 0 atom stereocenters. The summed E-state index contributed by atoms with van der Waals surface area (Å²) in [4.78, 5) is 0. The molecule has 0 fully saturated rings. The highest BCUT2D eigenvalue weighted by atomic mass is 32.1. The number of fused-ring (bicyclic) bond motifs is 2. The Morgan fingerprint density at radius 2 is 1.90 bits per heavy atom. The minimum absolute atomic E-state index is 0.906. The molecule has 20 heavy (non-hydrogen) atoms. The zero-order chi connectivity index (χ0) is 13.4. The largest absolute Gasteiger partial charge is 0.381 e. The number of aryl methyl sites for hydroxylation is 2. The molecule has 3 aromatic rings. The van der Waals surface area contributed by atoms with Gasteiger partial charge in [-0.25, -0.2) is 0 Å². The molecule has 1 nitrogen and oxygen atoms in total. The Labute approximate surface area is 123 Å². The van der Waals surface area contributed by atoms with Gasteiger partial charge in [0.2, 0.25) is 0 Å². The molecular weight excluding hydrogens is 262 g/mol. The van der Waals surface area contributed by atoms with Gasteiger partial charge in [-0.2, -0.15) is 0 Å². The molecule has 0 saturated carbocycles. The Kier molecular flexibility index (Phi) is 2.96. The Morgan fingerprint density at radius 1 is 1.00 bits per heavy atom. The first-order chi connectivity index (χ1) is 9.90. The van der Waals surface area contributed by atoms with Crippen LogP contribution in [0.4, 0.5) is 5.69 Å². The summed E-state index contributed by atoms with van der Waals surface area (Å²) in [7, 11) is 0. The summed E-state index contributed by atoms with van der Waals surface area (Å²) in [5, 5.41) is 7.23. The Balaban J connectivity index is 1.55. The van der Waals surface area contributed by atoms with Crippen LogP contribution in [0.1, 0.15) is 23.1 Å². The molecule has 0 radical (unpaired) electrons. The predicted octanol–water partition coefficient (Wildman–Crippen LogP) is 5.00. The smallest absolute Gasteiger partial charge is 0.0415 e. The second-order valence-corrected chi connectivity index (χ2v) is 6.36. The number of nitrogens with one attached hydrogen (secondary N) is 1. The van der Waals surface area contributed by atoms with E-state index in [0.29, 0.717) is 0 Å². The Hall–Kier alpha value is -1.80. The molecule has 0 spiro atoms. The lowest BCUT2D eigenvalue weighted by Crippen LogP contribution is -1.99. The molecule has 1 aliphatic carbocycles. The average Bonchev–Trinajstić information content (AvgIpc) is 3.11. The van der Waals surface area contributed by atoms with Crippen LogP contribution in [0.2, 0.25) is 0 Å². The molecule has 1 heterocycles. The van der Waals surface area contributed by atoms with Gasteiger partial charge in [-0.3, -0.25) is 0 Å². The maximum absolute atomic E-state index is 3.58. The molecule has 1 aliphatic rings. The van der Waals surface area contributed by atoms with Crippen LogP contribution in [-0.2, 0) is 19.4 Å². The number of hydrogen-bond acceptors (Lipinski definition) is 2. The van der Waals surface area contributed by atoms with Crippen LogP contribution in [0.15, 0.2) is 47.8 Å². The third-order valence-corrected chi connectivity index (χ3v) is 5.15. The maximum atomic E-state index is 3.58. The summed E-state index contributed by atoms with van der Waals surface area (Å²) in [6.07, 6.45) is 3.81. The minimum atomic E-state index is 0.906. The minimum Gasteiger partial charge on any atom is -0.381 e. The van der Waals surface area contributed by atoms with Crippen molar-refractivity contribution in [1.82, 2.24) is 0 Å². The normalized spacial score (nSPS) is 13.6. The van der Waals surface area contributed by atoms with Crippen molar-refractivity contribution in [3.8, 4) is 0 Å². The van der Waals surface area contributed by atoms with Crippen LogP contribution >= 0.6 is 11.3 Å². The van der Waals surface area contributed by atoms with E-state index in [1.54, 1.807) is 0 Å². The summed E-state index contributed by atoms with van der Waals surface area (Å²) < 4.78 is 1.37. The topological polar surface area (TPSA) is 12.0 Å². The van der Waals surface area contributed by atoms with Gasteiger partial charge in [-0.05, 0) is 64.9 Å². The highest BCUT2D eigenvalue weighted by Crippen LogP contribution is 2.28. The quantitative estimate of drug-likeness (QED) is 0.711. The highest BCUT2D eigenvalue weighted by molar-refractivity contribution is 7.17. The van der Waals surface area contributed by atoms with Gasteiger partial charge in [0.05, 0.1) is 0 Å². The van der Waals surface area contributed by atoms with E-state index in [1.807, 2.05) is 11.3 Å². The lowest BCUT2D eigenvalue weighted by molar-refractivity contribution is 0.912. The molecule has 4 rings (SSSR count). The lowest BCUT2D eigenvalue weighted by Gasteiger charge is -2.08. The Morgan fingerprint density at radius 3 is 2.90 bits per heavy atom. The Bertz CT molecular complexity index is 757. The van der Waals surface area contributed by atoms with E-state index < -0.39 is 0 Å². The van der Waals surface area contributed by atoms with Crippen molar-refractivity contribution in [3.05, 3.63) is 64.5 Å². The molecule has 0 bridgehead atoms. The highest BCUT2D eigenvalue weighted by Gasteiger charge is 2.10. The average molecular weight is 279 g/mol. The molecular formula is C18H17NS. The molecule has 0 aliphatic heterocycles. The monoisotopic (exact) mass is 279 g/mol. The van der Waals surface area contributed by atoms with Crippen LogP contribution in [-0.4, -0.2) is 0 Å². The first-order valence-electron chi connectivity index (χ1n) is 7.21. The van der Waals surface area contributed by atoms with E-state index in [9.17, 15) is 0 Å². The fourth-order valence-corrected chi connectivity index (χ4v) is 4.01. The zero-order valence-corrected chi connectivity index (χ0v) is 12.2. The molecule has 0 amide bonds. The second kappa shape index (κ2) is 4.95. The summed E-state index contributed by atoms with van der Waals surface area (Å²) >= 11 is 1.83. The van der Waals surface area contributed by atoms with Gasteiger partial charge in [0.15, 0.2) is 0 Å². The number of thiophene rings is 1. The van der Waals surface area contributed by atoms with E-state index in [1.165, 1.54) is 51.7 Å². The van der Waals surface area contributed by atoms with Crippen molar-refractivity contribution < 1.29 is 0 Å². The number of hydrogen-bond donors (Lipinski definition) is 1. The molecule has 0 saturated heterocycles. The van der Waals surface area contributed by atoms with Crippen molar-refractivity contribution in [2.24, 2.45) is 0 Å². The van der Waals surface area contributed by atoms with Crippen LogP contribution in [0.3, 0.4) is 0 Å². The standard InChI is InChI=1S/C18H17NS/c1-2-7-18-17(6-1)15(12-20-18)11-19-16-9-8-13-4-3-5-14(13)10-16/h1-2,6-10,12,19H,3-5,11H2. The van der Waals surface area contributed by atoms with Gasteiger partial charge in [0.25, 0.3) is 0 Å². The third-order valence-electron chi connectivity index (χ3n) is 4.14. The van der Waals surface area contributed by atoms with Gasteiger partial charge >= 0.3 is 0 Å². The molecule has 2 aromatic carbocycles. The number of benzene rings is 2. The summed E-state index contributed by atoms with van der Waals surface area (Å²) in [6.45, 7) is 0.906. The van der Waals surface area contributed by atoms with Gasteiger partial charge in [0.1, 0.15) is 0 Å².